The fraction of sp³-hybridized carbons (Fsp3) is 0.591. The first-order valence-electron chi connectivity index (χ1n) is 10.8. The van der Waals surface area contributed by atoms with E-state index in [9.17, 15) is 22.8 Å². The van der Waals surface area contributed by atoms with Crippen molar-refractivity contribution in [3.63, 3.8) is 0 Å². The zero-order valence-electron chi connectivity index (χ0n) is 18.0. The van der Waals surface area contributed by atoms with Crippen LogP contribution < -0.4 is 5.32 Å². The number of carbonyl (C=O) groups is 3. The molecule has 168 valence electrons. The minimum atomic E-state index is -3.17. The van der Waals surface area contributed by atoms with Gasteiger partial charge in [0.05, 0.1) is 11.5 Å². The van der Waals surface area contributed by atoms with Crippen molar-refractivity contribution in [2.75, 3.05) is 18.1 Å². The molecule has 0 radical (unpaired) electrons. The van der Waals surface area contributed by atoms with E-state index in [1.807, 2.05) is 25.1 Å². The van der Waals surface area contributed by atoms with Crippen molar-refractivity contribution in [2.45, 2.75) is 63.6 Å². The molecule has 1 aromatic carbocycles. The van der Waals surface area contributed by atoms with Gasteiger partial charge >= 0.3 is 6.03 Å². The quantitative estimate of drug-likeness (QED) is 0.692. The molecule has 1 N–H and O–H groups in total. The third-order valence-corrected chi connectivity index (χ3v) is 8.61. The van der Waals surface area contributed by atoms with Crippen molar-refractivity contribution >= 4 is 27.7 Å². The number of hydrogen-bond donors (Lipinski definition) is 1. The van der Waals surface area contributed by atoms with Crippen LogP contribution in [0.1, 0.15) is 50.2 Å². The largest absolute Gasteiger partial charge is 0.334 e. The Hall–Kier alpha value is -2.42. The van der Waals surface area contributed by atoms with Gasteiger partial charge in [-0.15, -0.1) is 0 Å². The molecule has 1 aliphatic carbocycles. The molecule has 2 heterocycles. The van der Waals surface area contributed by atoms with Gasteiger partial charge in [-0.1, -0.05) is 37.1 Å². The van der Waals surface area contributed by atoms with E-state index in [-0.39, 0.29) is 36.0 Å². The van der Waals surface area contributed by atoms with Crippen molar-refractivity contribution in [1.82, 2.24) is 15.1 Å². The molecule has 4 amide bonds. The minimum absolute atomic E-state index is 0.0330. The van der Waals surface area contributed by atoms with E-state index in [2.05, 4.69) is 5.32 Å². The van der Waals surface area contributed by atoms with Gasteiger partial charge in [0, 0.05) is 12.1 Å². The van der Waals surface area contributed by atoms with Crippen LogP contribution in [0.4, 0.5) is 4.79 Å². The smallest absolute Gasteiger partial charge is 0.325 e. The Morgan fingerprint density at radius 2 is 1.84 bits per heavy atom. The molecule has 1 aromatic rings. The van der Waals surface area contributed by atoms with Crippen LogP contribution in [0.3, 0.4) is 0 Å². The van der Waals surface area contributed by atoms with Gasteiger partial charge in [-0.3, -0.25) is 14.5 Å². The van der Waals surface area contributed by atoms with E-state index in [1.54, 1.807) is 17.9 Å². The number of aryl methyl sites for hydroxylation is 1. The molecule has 1 saturated carbocycles. The molecule has 3 aliphatic rings. The second kappa shape index (κ2) is 7.93. The van der Waals surface area contributed by atoms with Gasteiger partial charge in [0.1, 0.15) is 12.1 Å². The molecule has 4 rings (SSSR count). The molecular weight excluding hydrogens is 418 g/mol. The highest BCUT2D eigenvalue weighted by Crippen LogP contribution is 2.32. The van der Waals surface area contributed by atoms with E-state index < -0.39 is 27.3 Å². The summed E-state index contributed by atoms with van der Waals surface area (Å²) in [4.78, 5) is 42.0. The highest BCUT2D eigenvalue weighted by atomic mass is 32.2. The Kier molecular flexibility index (Phi) is 5.57. The molecule has 9 heteroatoms. The van der Waals surface area contributed by atoms with Crippen molar-refractivity contribution in [3.05, 3.63) is 35.4 Å². The predicted octanol–water partition coefficient (Wildman–Crippen LogP) is 1.72. The lowest BCUT2D eigenvalue weighted by Gasteiger charge is -2.35. The van der Waals surface area contributed by atoms with E-state index in [0.29, 0.717) is 12.0 Å². The standard InChI is InChI=1S/C22H29N3O5S/c1-15-7-3-6-10-18(15)22(2)20(27)24(21(28)23-22)13-19(26)25(16-8-4-5-9-16)17-11-12-31(29,30)14-17/h3,6-7,10,16-17H,4-5,8-9,11-14H2,1-2H3,(H,23,28). The van der Waals surface area contributed by atoms with E-state index in [0.717, 1.165) is 36.1 Å². The summed E-state index contributed by atoms with van der Waals surface area (Å²) in [6, 6.07) is 6.32. The van der Waals surface area contributed by atoms with Crippen molar-refractivity contribution in [3.8, 4) is 0 Å². The molecule has 0 aromatic heterocycles. The number of amides is 4. The summed E-state index contributed by atoms with van der Waals surface area (Å²) in [6.45, 7) is 3.15. The second-order valence-corrected chi connectivity index (χ2v) is 11.3. The normalized spacial score (nSPS) is 28.2. The fourth-order valence-electron chi connectivity index (χ4n) is 5.26. The van der Waals surface area contributed by atoms with Crippen molar-refractivity contribution in [2.24, 2.45) is 0 Å². The number of rotatable bonds is 5. The lowest BCUT2D eigenvalue weighted by atomic mass is 9.88. The predicted molar refractivity (Wildman–Crippen MR) is 115 cm³/mol. The Morgan fingerprint density at radius 3 is 2.45 bits per heavy atom. The number of imide groups is 1. The van der Waals surface area contributed by atoms with Crippen LogP contribution in [0, 0.1) is 6.92 Å². The van der Waals surface area contributed by atoms with Gasteiger partial charge in [-0.05, 0) is 44.2 Å². The van der Waals surface area contributed by atoms with Crippen molar-refractivity contribution < 1.29 is 22.8 Å². The molecule has 2 saturated heterocycles. The highest BCUT2D eigenvalue weighted by molar-refractivity contribution is 7.91. The average molecular weight is 448 g/mol. The molecule has 8 nitrogen and oxygen atoms in total. The zero-order valence-corrected chi connectivity index (χ0v) is 18.8. The maximum absolute atomic E-state index is 13.3. The third-order valence-electron chi connectivity index (χ3n) is 6.86. The maximum atomic E-state index is 13.3. The highest BCUT2D eigenvalue weighted by Gasteiger charge is 2.51. The van der Waals surface area contributed by atoms with Gasteiger partial charge in [-0.2, -0.15) is 0 Å². The van der Waals surface area contributed by atoms with Gasteiger partial charge in [0.2, 0.25) is 5.91 Å². The fourth-order valence-corrected chi connectivity index (χ4v) is 6.97. The number of sulfone groups is 1. The molecular formula is C22H29N3O5S. The maximum Gasteiger partial charge on any atom is 0.325 e. The number of nitrogens with one attached hydrogen (secondary N) is 1. The third kappa shape index (κ3) is 3.95. The van der Waals surface area contributed by atoms with Crippen molar-refractivity contribution in [1.29, 1.82) is 0 Å². The summed E-state index contributed by atoms with van der Waals surface area (Å²) in [6.07, 6.45) is 4.03. The van der Waals surface area contributed by atoms with Crippen LogP contribution in [-0.4, -0.2) is 66.2 Å². The molecule has 3 fully saturated rings. The topological polar surface area (TPSA) is 104 Å². The molecule has 2 atom stereocenters. The van der Waals surface area contributed by atoms with Gasteiger partial charge < -0.3 is 10.2 Å². The van der Waals surface area contributed by atoms with Crippen LogP contribution in [0.5, 0.6) is 0 Å². The Labute approximate surface area is 182 Å². The average Bonchev–Trinajstić information content (AvgIpc) is 3.40. The van der Waals surface area contributed by atoms with Crippen LogP contribution >= 0.6 is 0 Å². The number of carbonyl (C=O) groups excluding carboxylic acids is 3. The Bertz CT molecular complexity index is 1020. The summed E-state index contributed by atoms with van der Waals surface area (Å²) in [7, 11) is -3.17. The van der Waals surface area contributed by atoms with E-state index in [1.165, 1.54) is 0 Å². The second-order valence-electron chi connectivity index (χ2n) is 9.06. The summed E-state index contributed by atoms with van der Waals surface area (Å²) < 4.78 is 24.1. The monoisotopic (exact) mass is 447 g/mol. The van der Waals surface area contributed by atoms with Gasteiger partial charge in [0.15, 0.2) is 9.84 Å². The summed E-state index contributed by atoms with van der Waals surface area (Å²) in [5, 5.41) is 2.75. The zero-order chi connectivity index (χ0) is 22.4. The summed E-state index contributed by atoms with van der Waals surface area (Å²) in [5.41, 5.74) is 0.325. The summed E-state index contributed by atoms with van der Waals surface area (Å²) >= 11 is 0. The minimum Gasteiger partial charge on any atom is -0.334 e. The molecule has 0 bridgehead atoms. The number of nitrogens with zero attached hydrogens (tertiary/aromatic N) is 2. The number of benzene rings is 1. The number of hydrogen-bond acceptors (Lipinski definition) is 5. The first-order valence-corrected chi connectivity index (χ1v) is 12.7. The molecule has 2 aliphatic heterocycles. The van der Waals surface area contributed by atoms with Crippen LogP contribution in [-0.2, 0) is 25.0 Å². The lowest BCUT2D eigenvalue weighted by molar-refractivity contribution is -0.141. The molecule has 2 unspecified atom stereocenters. The van der Waals surface area contributed by atoms with E-state index in [4.69, 9.17) is 0 Å². The Balaban J connectivity index is 1.57. The first-order chi connectivity index (χ1) is 14.6. The Morgan fingerprint density at radius 1 is 1.16 bits per heavy atom. The van der Waals surface area contributed by atoms with Gasteiger partial charge in [0.25, 0.3) is 5.91 Å². The van der Waals surface area contributed by atoms with Crippen LogP contribution in [0.25, 0.3) is 0 Å². The summed E-state index contributed by atoms with van der Waals surface area (Å²) in [5.74, 6) is -0.795. The van der Waals surface area contributed by atoms with Crippen LogP contribution in [0.15, 0.2) is 24.3 Å². The molecule has 0 spiro atoms. The molecule has 31 heavy (non-hydrogen) atoms. The lowest BCUT2D eigenvalue weighted by Crippen LogP contribution is -2.52. The number of urea groups is 1. The first kappa shape index (κ1) is 21.8. The van der Waals surface area contributed by atoms with E-state index >= 15 is 0 Å². The SMILES string of the molecule is Cc1ccccc1C1(C)NC(=O)N(CC(=O)N(C2CCCC2)C2CCS(=O)(=O)C2)C1=O. The van der Waals surface area contributed by atoms with Crippen LogP contribution in [0.2, 0.25) is 0 Å². The van der Waals surface area contributed by atoms with Gasteiger partial charge in [-0.25, -0.2) is 13.2 Å².